The van der Waals surface area contributed by atoms with Gasteiger partial charge in [-0.2, -0.15) is 0 Å². The molecule has 1 aromatic rings. The fraction of sp³-hybridized carbons (Fsp3) is 0.765. The molecule has 1 aliphatic heterocycles. The molecule has 130 valence electrons. The predicted octanol–water partition coefficient (Wildman–Crippen LogP) is 2.28. The number of rotatable bonds is 7. The summed E-state index contributed by atoms with van der Waals surface area (Å²) in [4.78, 5) is 12.5. The van der Waals surface area contributed by atoms with Crippen LogP contribution in [-0.2, 0) is 6.42 Å². The van der Waals surface area contributed by atoms with Crippen molar-refractivity contribution in [1.29, 1.82) is 0 Å². The molecule has 1 aromatic heterocycles. The molecule has 1 saturated heterocycles. The Morgan fingerprint density at radius 2 is 2.09 bits per heavy atom. The maximum Gasteiger partial charge on any atom is 0.190 e. The number of likely N-dealkylation sites (tertiary alicyclic amines) is 1. The van der Waals surface area contributed by atoms with Crippen LogP contribution in [0, 0.1) is 12.8 Å². The van der Waals surface area contributed by atoms with Crippen LogP contribution in [0.15, 0.2) is 11.2 Å². The highest BCUT2D eigenvalue weighted by atomic mass is 32.1. The fourth-order valence-corrected chi connectivity index (χ4v) is 3.80. The zero-order valence-electron chi connectivity index (χ0n) is 14.8. The Labute approximate surface area is 144 Å². The van der Waals surface area contributed by atoms with Gasteiger partial charge in [0.1, 0.15) is 0 Å². The van der Waals surface area contributed by atoms with Gasteiger partial charge in [-0.05, 0) is 51.7 Å². The number of guanidine groups is 1. The third kappa shape index (κ3) is 6.47. The second-order valence-electron chi connectivity index (χ2n) is 6.21. The highest BCUT2D eigenvalue weighted by Gasteiger charge is 2.17. The molecule has 23 heavy (non-hydrogen) atoms. The topological polar surface area (TPSA) is 52.5 Å². The lowest BCUT2D eigenvalue weighted by atomic mass is 9.93. The van der Waals surface area contributed by atoms with E-state index in [0.29, 0.717) is 0 Å². The van der Waals surface area contributed by atoms with Crippen molar-refractivity contribution in [2.24, 2.45) is 10.9 Å². The van der Waals surface area contributed by atoms with E-state index in [0.717, 1.165) is 31.4 Å². The number of hydrogen-bond donors (Lipinski definition) is 2. The summed E-state index contributed by atoms with van der Waals surface area (Å²) < 4.78 is 0. The number of nitrogens with zero attached hydrogens (tertiary/aromatic N) is 3. The third-order valence-electron chi connectivity index (χ3n) is 4.52. The second kappa shape index (κ2) is 9.88. The van der Waals surface area contributed by atoms with Crippen molar-refractivity contribution >= 4 is 17.3 Å². The van der Waals surface area contributed by atoms with Crippen LogP contribution in [0.25, 0.3) is 0 Å². The van der Waals surface area contributed by atoms with Gasteiger partial charge < -0.3 is 15.5 Å². The quantitative estimate of drug-likeness (QED) is 0.592. The number of thiazole rings is 1. The summed E-state index contributed by atoms with van der Waals surface area (Å²) in [5, 5.41) is 8.01. The van der Waals surface area contributed by atoms with Gasteiger partial charge in [-0.15, -0.1) is 11.3 Å². The summed E-state index contributed by atoms with van der Waals surface area (Å²) in [7, 11) is 1.84. The molecule has 0 atom stereocenters. The Kier molecular flexibility index (Phi) is 7.82. The van der Waals surface area contributed by atoms with Gasteiger partial charge in [0.25, 0.3) is 0 Å². The number of aryl methyl sites for hydroxylation is 1. The molecule has 0 spiro atoms. The van der Waals surface area contributed by atoms with Crippen molar-refractivity contribution in [3.63, 3.8) is 0 Å². The molecule has 0 aromatic carbocycles. The highest BCUT2D eigenvalue weighted by molar-refractivity contribution is 7.11. The molecule has 0 aliphatic carbocycles. The van der Waals surface area contributed by atoms with E-state index in [-0.39, 0.29) is 0 Å². The maximum absolute atomic E-state index is 4.39. The molecular weight excluding hydrogens is 306 g/mol. The summed E-state index contributed by atoms with van der Waals surface area (Å²) in [6.07, 6.45) is 6.81. The van der Waals surface area contributed by atoms with Crippen LogP contribution in [-0.4, -0.2) is 55.6 Å². The second-order valence-corrected chi connectivity index (χ2v) is 7.53. The third-order valence-corrected chi connectivity index (χ3v) is 5.50. The van der Waals surface area contributed by atoms with Gasteiger partial charge in [-0.25, -0.2) is 4.98 Å². The minimum absolute atomic E-state index is 0.863. The van der Waals surface area contributed by atoms with E-state index in [1.54, 1.807) is 11.3 Å². The summed E-state index contributed by atoms with van der Waals surface area (Å²) in [6, 6.07) is 0. The molecule has 0 amide bonds. The van der Waals surface area contributed by atoms with Crippen LogP contribution in [0.5, 0.6) is 0 Å². The highest BCUT2D eigenvalue weighted by Crippen LogP contribution is 2.19. The van der Waals surface area contributed by atoms with Crippen molar-refractivity contribution in [3.05, 3.63) is 16.1 Å². The van der Waals surface area contributed by atoms with Crippen LogP contribution >= 0.6 is 11.3 Å². The Balaban J connectivity index is 1.58. The Hall–Kier alpha value is -1.14. The summed E-state index contributed by atoms with van der Waals surface area (Å²) in [5.74, 6) is 1.77. The first-order valence-electron chi connectivity index (χ1n) is 8.79. The predicted molar refractivity (Wildman–Crippen MR) is 99.4 cm³/mol. The molecule has 6 heteroatoms. The average molecular weight is 338 g/mol. The lowest BCUT2D eigenvalue weighted by Gasteiger charge is -2.31. The van der Waals surface area contributed by atoms with Crippen LogP contribution in [0.1, 0.15) is 36.1 Å². The van der Waals surface area contributed by atoms with Gasteiger partial charge >= 0.3 is 0 Å². The Morgan fingerprint density at radius 3 is 2.70 bits per heavy atom. The minimum atomic E-state index is 0.863. The molecule has 0 unspecified atom stereocenters. The zero-order valence-corrected chi connectivity index (χ0v) is 15.6. The molecule has 2 rings (SSSR count). The molecular formula is C17H31N5S. The number of aromatic nitrogens is 1. The first-order valence-corrected chi connectivity index (χ1v) is 9.61. The van der Waals surface area contributed by atoms with Gasteiger partial charge in [0.2, 0.25) is 0 Å². The van der Waals surface area contributed by atoms with Gasteiger partial charge in [0.05, 0.1) is 5.01 Å². The maximum atomic E-state index is 4.39. The molecule has 0 bridgehead atoms. The normalized spacial score (nSPS) is 17.4. The lowest BCUT2D eigenvalue weighted by molar-refractivity contribution is 0.187. The molecule has 1 aliphatic rings. The Morgan fingerprint density at radius 1 is 1.35 bits per heavy atom. The largest absolute Gasteiger partial charge is 0.356 e. The zero-order chi connectivity index (χ0) is 16.5. The Bertz CT molecular complexity index is 477. The fourth-order valence-electron chi connectivity index (χ4n) is 3.01. The van der Waals surface area contributed by atoms with E-state index in [1.807, 2.05) is 13.2 Å². The summed E-state index contributed by atoms with van der Waals surface area (Å²) in [6.45, 7) is 9.96. The van der Waals surface area contributed by atoms with Gasteiger partial charge in [-0.1, -0.05) is 6.92 Å². The molecule has 2 heterocycles. The van der Waals surface area contributed by atoms with Crippen molar-refractivity contribution in [3.8, 4) is 0 Å². The summed E-state index contributed by atoms with van der Waals surface area (Å²) in [5.41, 5.74) is 0. The number of piperidine rings is 1. The SMILES string of the molecule is CCN1CCC(CCNC(=NC)NCCc2ncc(C)s2)CC1. The van der Waals surface area contributed by atoms with Gasteiger partial charge in [0.15, 0.2) is 5.96 Å². The van der Waals surface area contributed by atoms with E-state index in [1.165, 1.54) is 48.8 Å². The average Bonchev–Trinajstić information content (AvgIpc) is 2.99. The van der Waals surface area contributed by atoms with Crippen molar-refractivity contribution in [1.82, 2.24) is 20.5 Å². The first-order chi connectivity index (χ1) is 11.2. The van der Waals surface area contributed by atoms with Gasteiger partial charge in [-0.3, -0.25) is 4.99 Å². The van der Waals surface area contributed by atoms with Crippen molar-refractivity contribution < 1.29 is 0 Å². The van der Waals surface area contributed by atoms with E-state index in [4.69, 9.17) is 0 Å². The standard InChI is InChI=1S/C17H31N5S/c1-4-22-11-7-15(8-12-22)5-9-19-17(18-3)20-10-6-16-21-13-14(2)23-16/h13,15H,4-12H2,1-3H3,(H2,18,19,20). The van der Waals surface area contributed by atoms with Crippen LogP contribution in [0.4, 0.5) is 0 Å². The van der Waals surface area contributed by atoms with E-state index < -0.39 is 0 Å². The van der Waals surface area contributed by atoms with Crippen LogP contribution in [0.3, 0.4) is 0 Å². The van der Waals surface area contributed by atoms with E-state index in [9.17, 15) is 0 Å². The molecule has 0 radical (unpaired) electrons. The minimum Gasteiger partial charge on any atom is -0.356 e. The van der Waals surface area contributed by atoms with Crippen molar-refractivity contribution in [2.45, 2.75) is 39.5 Å². The monoisotopic (exact) mass is 337 g/mol. The smallest absolute Gasteiger partial charge is 0.190 e. The van der Waals surface area contributed by atoms with Gasteiger partial charge in [0, 0.05) is 37.6 Å². The molecule has 2 N–H and O–H groups in total. The number of nitrogens with one attached hydrogen (secondary N) is 2. The number of hydrogen-bond acceptors (Lipinski definition) is 4. The van der Waals surface area contributed by atoms with E-state index >= 15 is 0 Å². The van der Waals surface area contributed by atoms with Crippen LogP contribution in [0.2, 0.25) is 0 Å². The lowest BCUT2D eigenvalue weighted by Crippen LogP contribution is -2.40. The van der Waals surface area contributed by atoms with Crippen LogP contribution < -0.4 is 10.6 Å². The molecule has 1 fully saturated rings. The van der Waals surface area contributed by atoms with E-state index in [2.05, 4.69) is 39.4 Å². The van der Waals surface area contributed by atoms with Crippen molar-refractivity contribution in [2.75, 3.05) is 39.8 Å². The summed E-state index contributed by atoms with van der Waals surface area (Å²) >= 11 is 1.77. The number of aliphatic imine (C=N–C) groups is 1. The first kappa shape index (κ1) is 18.2. The molecule has 5 nitrogen and oxygen atoms in total. The molecule has 0 saturated carbocycles.